The Hall–Kier alpha value is -3.74. The number of aromatic nitrogens is 2. The van der Waals surface area contributed by atoms with Gasteiger partial charge in [-0.1, -0.05) is 6.07 Å². The molecule has 0 unspecified atom stereocenters. The number of carbonyl (C=O) groups excluding carboxylic acids is 1. The zero-order chi connectivity index (χ0) is 18.8. The summed E-state index contributed by atoms with van der Waals surface area (Å²) in [6.07, 6.45) is 3.18. The summed E-state index contributed by atoms with van der Waals surface area (Å²) in [7, 11) is 0. The van der Waals surface area contributed by atoms with Crippen molar-refractivity contribution >= 4 is 17.8 Å². The molecule has 27 heavy (non-hydrogen) atoms. The lowest BCUT2D eigenvalue weighted by molar-refractivity contribution is 0.0948. The van der Waals surface area contributed by atoms with Gasteiger partial charge in [0.2, 0.25) is 0 Å². The number of furan rings is 1. The molecule has 1 N–H and O–H groups in total. The molecule has 4 rings (SSSR count). The second kappa shape index (κ2) is 6.87. The predicted molar refractivity (Wildman–Crippen MR) is 99.1 cm³/mol. The molecule has 4 aromatic rings. The van der Waals surface area contributed by atoms with Gasteiger partial charge in [0.05, 0.1) is 11.9 Å². The first-order chi connectivity index (χ1) is 13.1. The van der Waals surface area contributed by atoms with Gasteiger partial charge >= 0.3 is 0 Å². The summed E-state index contributed by atoms with van der Waals surface area (Å²) in [5, 5.41) is 3.95. The van der Waals surface area contributed by atoms with Crippen molar-refractivity contribution in [3.05, 3.63) is 83.8 Å². The third-order valence-corrected chi connectivity index (χ3v) is 4.03. The molecular weight excluding hydrogens is 347 g/mol. The van der Waals surface area contributed by atoms with Crippen LogP contribution in [0.1, 0.15) is 21.9 Å². The summed E-state index contributed by atoms with van der Waals surface area (Å²) in [5.41, 5.74) is 4.97. The maximum atomic E-state index is 13.0. The number of carbonyl (C=O) groups is 1. The minimum atomic E-state index is -0.368. The molecule has 0 aliphatic rings. The van der Waals surface area contributed by atoms with Gasteiger partial charge in [-0.15, -0.1) is 0 Å². The molecule has 0 saturated carbocycles. The lowest BCUT2D eigenvalue weighted by Crippen LogP contribution is -2.20. The quantitative estimate of drug-likeness (QED) is 0.443. The Morgan fingerprint density at radius 2 is 2.00 bits per heavy atom. The molecular formula is C20H15FN4O2. The van der Waals surface area contributed by atoms with Gasteiger partial charge < -0.3 is 4.42 Å². The number of nitrogens with zero attached hydrogens (tertiary/aromatic N) is 3. The number of hydrazone groups is 1. The normalized spacial score (nSPS) is 11.3. The Kier molecular flexibility index (Phi) is 4.25. The number of fused-ring (bicyclic) bond motifs is 1. The van der Waals surface area contributed by atoms with Gasteiger partial charge in [-0.05, 0) is 55.5 Å². The standard InChI is InChI=1S/C20H15FN4O2/c1-13-19(25-11-3-2-4-18(25)23-13)20(26)24-22-12-16-9-10-17(27-16)14-5-7-15(21)8-6-14/h2-12H,1H3,(H,24,26). The zero-order valence-corrected chi connectivity index (χ0v) is 14.4. The number of imidazole rings is 1. The van der Waals surface area contributed by atoms with Gasteiger partial charge in [0.1, 0.15) is 28.7 Å². The Bertz CT molecular complexity index is 1140. The topological polar surface area (TPSA) is 71.9 Å². The molecule has 0 bridgehead atoms. The van der Waals surface area contributed by atoms with Gasteiger partial charge in [0, 0.05) is 11.8 Å². The molecule has 0 aliphatic carbocycles. The van der Waals surface area contributed by atoms with Crippen LogP contribution in [0.15, 0.2) is 70.3 Å². The maximum Gasteiger partial charge on any atom is 0.290 e. The summed E-state index contributed by atoms with van der Waals surface area (Å²) in [6, 6.07) is 15.0. The number of hydrogen-bond acceptors (Lipinski definition) is 4. The lowest BCUT2D eigenvalue weighted by Gasteiger charge is -2.01. The van der Waals surface area contributed by atoms with Crippen LogP contribution in [-0.2, 0) is 0 Å². The summed E-state index contributed by atoms with van der Waals surface area (Å²) >= 11 is 0. The highest BCUT2D eigenvalue weighted by atomic mass is 19.1. The number of aryl methyl sites for hydroxylation is 1. The van der Waals surface area contributed by atoms with Crippen LogP contribution in [0.25, 0.3) is 17.0 Å². The van der Waals surface area contributed by atoms with Crippen molar-refractivity contribution in [1.82, 2.24) is 14.8 Å². The molecule has 1 aromatic carbocycles. The van der Waals surface area contributed by atoms with Gasteiger partial charge in [0.25, 0.3) is 5.91 Å². The van der Waals surface area contributed by atoms with E-state index in [2.05, 4.69) is 15.5 Å². The van der Waals surface area contributed by atoms with Crippen molar-refractivity contribution in [3.63, 3.8) is 0 Å². The summed E-state index contributed by atoms with van der Waals surface area (Å²) in [4.78, 5) is 16.8. The number of rotatable bonds is 4. The smallest absolute Gasteiger partial charge is 0.290 e. The molecule has 0 atom stereocenters. The maximum absolute atomic E-state index is 13.0. The van der Waals surface area contributed by atoms with Crippen LogP contribution in [0.5, 0.6) is 0 Å². The van der Waals surface area contributed by atoms with E-state index in [1.165, 1.54) is 18.3 Å². The van der Waals surface area contributed by atoms with E-state index in [0.717, 1.165) is 5.56 Å². The first-order valence-electron chi connectivity index (χ1n) is 8.25. The number of hydrogen-bond donors (Lipinski definition) is 1. The highest BCUT2D eigenvalue weighted by molar-refractivity contribution is 5.95. The van der Waals surface area contributed by atoms with E-state index in [0.29, 0.717) is 28.6 Å². The van der Waals surface area contributed by atoms with E-state index in [4.69, 9.17) is 4.42 Å². The first kappa shape index (κ1) is 16.7. The Balaban J connectivity index is 1.48. The van der Waals surface area contributed by atoms with Crippen LogP contribution in [-0.4, -0.2) is 21.5 Å². The van der Waals surface area contributed by atoms with Crippen LogP contribution in [0, 0.1) is 12.7 Å². The van der Waals surface area contributed by atoms with Crippen LogP contribution in [0.4, 0.5) is 4.39 Å². The van der Waals surface area contributed by atoms with Crippen molar-refractivity contribution in [2.75, 3.05) is 0 Å². The number of nitrogens with one attached hydrogen (secondary N) is 1. The minimum absolute atomic E-state index is 0.308. The Morgan fingerprint density at radius 3 is 2.81 bits per heavy atom. The van der Waals surface area contributed by atoms with Crippen molar-refractivity contribution in [3.8, 4) is 11.3 Å². The number of pyridine rings is 1. The monoisotopic (exact) mass is 362 g/mol. The second-order valence-electron chi connectivity index (χ2n) is 5.88. The van der Waals surface area contributed by atoms with Crippen LogP contribution in [0.2, 0.25) is 0 Å². The molecule has 0 saturated heterocycles. The molecule has 0 aliphatic heterocycles. The van der Waals surface area contributed by atoms with E-state index in [9.17, 15) is 9.18 Å². The van der Waals surface area contributed by atoms with Crippen molar-refractivity contribution < 1.29 is 13.6 Å². The SMILES string of the molecule is Cc1nc2ccccn2c1C(=O)NN=Cc1ccc(-c2ccc(F)cc2)o1. The summed E-state index contributed by atoms with van der Waals surface area (Å²) < 4.78 is 20.3. The highest BCUT2D eigenvalue weighted by Crippen LogP contribution is 2.21. The van der Waals surface area contributed by atoms with Gasteiger partial charge in [-0.2, -0.15) is 5.10 Å². The second-order valence-corrected chi connectivity index (χ2v) is 5.88. The predicted octanol–water partition coefficient (Wildman–Crippen LogP) is 3.81. The molecule has 6 nitrogen and oxygen atoms in total. The number of benzene rings is 1. The van der Waals surface area contributed by atoms with Crippen molar-refractivity contribution in [2.45, 2.75) is 6.92 Å². The average molecular weight is 362 g/mol. The summed E-state index contributed by atoms with van der Waals surface area (Å²) in [6.45, 7) is 1.77. The van der Waals surface area contributed by atoms with Crippen LogP contribution >= 0.6 is 0 Å². The van der Waals surface area contributed by atoms with Gasteiger partial charge in [-0.25, -0.2) is 14.8 Å². The summed E-state index contributed by atoms with van der Waals surface area (Å²) in [5.74, 6) is 0.371. The number of halogens is 1. The Labute approximate surface area is 154 Å². The minimum Gasteiger partial charge on any atom is -0.455 e. The number of amides is 1. The van der Waals surface area contributed by atoms with Crippen LogP contribution < -0.4 is 5.43 Å². The molecule has 3 heterocycles. The fourth-order valence-electron chi connectivity index (χ4n) is 2.79. The van der Waals surface area contributed by atoms with Gasteiger partial charge in [-0.3, -0.25) is 9.20 Å². The third-order valence-electron chi connectivity index (χ3n) is 4.03. The molecule has 3 aromatic heterocycles. The zero-order valence-electron chi connectivity index (χ0n) is 14.4. The van der Waals surface area contributed by atoms with Crippen LogP contribution in [0.3, 0.4) is 0 Å². The third kappa shape index (κ3) is 3.35. The van der Waals surface area contributed by atoms with E-state index in [1.54, 1.807) is 41.8 Å². The Morgan fingerprint density at radius 1 is 1.19 bits per heavy atom. The molecule has 0 spiro atoms. The largest absolute Gasteiger partial charge is 0.455 e. The van der Waals surface area contributed by atoms with Crippen molar-refractivity contribution in [2.24, 2.45) is 5.10 Å². The van der Waals surface area contributed by atoms with Crippen molar-refractivity contribution in [1.29, 1.82) is 0 Å². The lowest BCUT2D eigenvalue weighted by atomic mass is 10.2. The fraction of sp³-hybridized carbons (Fsp3) is 0.0500. The average Bonchev–Trinajstić information content (AvgIpc) is 3.26. The van der Waals surface area contributed by atoms with E-state index in [-0.39, 0.29) is 11.7 Å². The van der Waals surface area contributed by atoms with E-state index >= 15 is 0 Å². The highest BCUT2D eigenvalue weighted by Gasteiger charge is 2.15. The molecule has 0 fully saturated rings. The fourth-order valence-corrected chi connectivity index (χ4v) is 2.79. The molecule has 134 valence electrons. The van der Waals surface area contributed by atoms with E-state index < -0.39 is 0 Å². The molecule has 7 heteroatoms. The first-order valence-corrected chi connectivity index (χ1v) is 8.25. The van der Waals surface area contributed by atoms with Gasteiger partial charge in [0.15, 0.2) is 0 Å². The molecule has 0 radical (unpaired) electrons. The molecule has 1 amide bonds. The van der Waals surface area contributed by atoms with E-state index in [1.807, 2.05) is 18.2 Å².